The van der Waals surface area contributed by atoms with Crippen molar-refractivity contribution in [1.29, 1.82) is 0 Å². The molecule has 25 heavy (non-hydrogen) atoms. The fraction of sp³-hybridized carbons (Fsp3) is 0.722. The minimum Gasteiger partial charge on any atom is -0.381 e. The van der Waals surface area contributed by atoms with Gasteiger partial charge in [-0.05, 0) is 32.1 Å². The fourth-order valence-corrected chi connectivity index (χ4v) is 3.93. The Labute approximate surface area is 147 Å². The Morgan fingerprint density at radius 1 is 1.28 bits per heavy atom. The Bertz CT molecular complexity index is 819. The molecule has 2 aliphatic heterocycles. The summed E-state index contributed by atoms with van der Waals surface area (Å²) in [6, 6.07) is 0.387. The predicted octanol–water partition coefficient (Wildman–Crippen LogP) is 2.04. The van der Waals surface area contributed by atoms with Gasteiger partial charge in [0.1, 0.15) is 5.82 Å². The van der Waals surface area contributed by atoms with Gasteiger partial charge in [-0.15, -0.1) is 5.10 Å². The number of imidazole rings is 1. The largest absolute Gasteiger partial charge is 0.381 e. The third kappa shape index (κ3) is 2.84. The lowest BCUT2D eigenvalue weighted by atomic mass is 9.98. The Balaban J connectivity index is 1.78. The smallest absolute Gasteiger partial charge is 0.280 e. The SMILES string of the molecule is CC(C)c1ncc2c(=O)n3c(nn12)N(CC1CCOCC1)C(C)CC3. The standard InChI is InChI=1S/C18H27N5O2/c1-12(2)16-19-10-15-17(24)21-7-4-13(3)22(18(21)20-23(15)16)11-14-5-8-25-9-6-14/h10,12-14H,4-9,11H2,1-3H3. The zero-order valence-corrected chi connectivity index (χ0v) is 15.3. The van der Waals surface area contributed by atoms with Crippen molar-refractivity contribution in [2.45, 2.75) is 58.5 Å². The molecule has 0 radical (unpaired) electrons. The number of ether oxygens (including phenoxy) is 1. The fourth-order valence-electron chi connectivity index (χ4n) is 3.93. The molecule has 4 rings (SSSR count). The second-order valence-electron chi connectivity index (χ2n) is 7.67. The Morgan fingerprint density at radius 3 is 2.76 bits per heavy atom. The lowest BCUT2D eigenvalue weighted by Gasteiger charge is -2.39. The maximum absolute atomic E-state index is 13.0. The van der Waals surface area contributed by atoms with E-state index in [0.717, 1.165) is 57.3 Å². The Morgan fingerprint density at radius 2 is 2.04 bits per heavy atom. The van der Waals surface area contributed by atoms with E-state index in [4.69, 9.17) is 9.84 Å². The van der Waals surface area contributed by atoms with Gasteiger partial charge in [0, 0.05) is 38.3 Å². The molecule has 0 bridgehead atoms. The molecule has 7 heteroatoms. The van der Waals surface area contributed by atoms with Gasteiger partial charge in [0.05, 0.1) is 6.20 Å². The monoisotopic (exact) mass is 345 g/mol. The molecular weight excluding hydrogens is 318 g/mol. The van der Waals surface area contributed by atoms with Crippen LogP contribution >= 0.6 is 0 Å². The van der Waals surface area contributed by atoms with E-state index in [9.17, 15) is 4.79 Å². The van der Waals surface area contributed by atoms with E-state index in [-0.39, 0.29) is 11.5 Å². The molecule has 2 aliphatic rings. The van der Waals surface area contributed by atoms with E-state index >= 15 is 0 Å². The van der Waals surface area contributed by atoms with Gasteiger partial charge in [0.15, 0.2) is 5.52 Å². The van der Waals surface area contributed by atoms with E-state index < -0.39 is 0 Å². The van der Waals surface area contributed by atoms with Crippen LogP contribution in [0.5, 0.6) is 0 Å². The summed E-state index contributed by atoms with van der Waals surface area (Å²) in [7, 11) is 0. The summed E-state index contributed by atoms with van der Waals surface area (Å²) in [5.74, 6) is 2.47. The molecule has 136 valence electrons. The van der Waals surface area contributed by atoms with E-state index in [1.807, 2.05) is 4.57 Å². The van der Waals surface area contributed by atoms with Crippen LogP contribution in [0, 0.1) is 5.92 Å². The summed E-state index contributed by atoms with van der Waals surface area (Å²) < 4.78 is 9.08. The van der Waals surface area contributed by atoms with Crippen molar-refractivity contribution in [1.82, 2.24) is 19.2 Å². The van der Waals surface area contributed by atoms with Crippen LogP contribution in [0.2, 0.25) is 0 Å². The zero-order valence-electron chi connectivity index (χ0n) is 15.3. The predicted molar refractivity (Wildman–Crippen MR) is 96.3 cm³/mol. The van der Waals surface area contributed by atoms with E-state index in [0.29, 0.717) is 17.5 Å². The number of fused-ring (bicyclic) bond motifs is 2. The summed E-state index contributed by atoms with van der Waals surface area (Å²) in [6.45, 7) is 9.73. The second kappa shape index (κ2) is 6.44. The van der Waals surface area contributed by atoms with Crippen LogP contribution < -0.4 is 10.5 Å². The van der Waals surface area contributed by atoms with Crippen LogP contribution in [0.3, 0.4) is 0 Å². The minimum absolute atomic E-state index is 0.0216. The van der Waals surface area contributed by atoms with Crippen molar-refractivity contribution in [3.63, 3.8) is 0 Å². The van der Waals surface area contributed by atoms with Gasteiger partial charge in [-0.1, -0.05) is 13.8 Å². The third-order valence-electron chi connectivity index (χ3n) is 5.53. The molecule has 1 atom stereocenters. The Hall–Kier alpha value is -1.89. The average Bonchev–Trinajstić information content (AvgIpc) is 3.03. The van der Waals surface area contributed by atoms with Crippen molar-refractivity contribution in [2.75, 3.05) is 24.7 Å². The van der Waals surface area contributed by atoms with Gasteiger partial charge >= 0.3 is 0 Å². The van der Waals surface area contributed by atoms with Crippen molar-refractivity contribution < 1.29 is 4.74 Å². The van der Waals surface area contributed by atoms with Crippen LogP contribution in [0.15, 0.2) is 11.0 Å². The normalized spacial score (nSPS) is 21.9. The zero-order chi connectivity index (χ0) is 17.6. The first kappa shape index (κ1) is 16.6. The van der Waals surface area contributed by atoms with Gasteiger partial charge in [0.2, 0.25) is 5.95 Å². The van der Waals surface area contributed by atoms with Crippen LogP contribution in [0.4, 0.5) is 5.95 Å². The van der Waals surface area contributed by atoms with Gasteiger partial charge in [-0.3, -0.25) is 9.36 Å². The number of hydrogen-bond acceptors (Lipinski definition) is 5. The quantitative estimate of drug-likeness (QED) is 0.852. The summed E-state index contributed by atoms with van der Waals surface area (Å²) in [5.41, 5.74) is 0.598. The van der Waals surface area contributed by atoms with Crippen LogP contribution in [0.1, 0.15) is 51.8 Å². The van der Waals surface area contributed by atoms with Crippen molar-refractivity contribution in [3.05, 3.63) is 22.4 Å². The number of nitrogens with zero attached hydrogens (tertiary/aromatic N) is 5. The number of aromatic nitrogens is 4. The van der Waals surface area contributed by atoms with Crippen LogP contribution in [0.25, 0.3) is 5.52 Å². The van der Waals surface area contributed by atoms with Gasteiger partial charge < -0.3 is 9.64 Å². The molecule has 0 amide bonds. The van der Waals surface area contributed by atoms with E-state index in [1.165, 1.54) is 0 Å². The molecule has 7 nitrogen and oxygen atoms in total. The first-order valence-corrected chi connectivity index (χ1v) is 9.39. The summed E-state index contributed by atoms with van der Waals surface area (Å²) in [4.78, 5) is 19.7. The molecular formula is C18H27N5O2. The lowest BCUT2D eigenvalue weighted by molar-refractivity contribution is 0.0673. The maximum Gasteiger partial charge on any atom is 0.280 e. The average molecular weight is 345 g/mol. The van der Waals surface area contributed by atoms with Crippen molar-refractivity contribution >= 4 is 11.5 Å². The third-order valence-corrected chi connectivity index (χ3v) is 5.53. The van der Waals surface area contributed by atoms with Gasteiger partial charge in [-0.25, -0.2) is 9.50 Å². The molecule has 2 aromatic heterocycles. The van der Waals surface area contributed by atoms with E-state index in [2.05, 4.69) is 30.7 Å². The molecule has 0 aliphatic carbocycles. The van der Waals surface area contributed by atoms with Crippen molar-refractivity contribution in [3.8, 4) is 0 Å². The van der Waals surface area contributed by atoms with E-state index in [1.54, 1.807) is 10.7 Å². The molecule has 1 unspecified atom stereocenters. The topological polar surface area (TPSA) is 64.7 Å². The molecule has 0 spiro atoms. The molecule has 1 fully saturated rings. The minimum atomic E-state index is 0.0216. The second-order valence-corrected chi connectivity index (χ2v) is 7.67. The highest BCUT2D eigenvalue weighted by molar-refractivity contribution is 5.47. The highest BCUT2D eigenvalue weighted by Gasteiger charge is 2.30. The van der Waals surface area contributed by atoms with Gasteiger partial charge in [-0.2, -0.15) is 0 Å². The summed E-state index contributed by atoms with van der Waals surface area (Å²) >= 11 is 0. The molecule has 0 N–H and O–H groups in total. The summed E-state index contributed by atoms with van der Waals surface area (Å²) in [5, 5.41) is 4.87. The molecule has 0 saturated carbocycles. The highest BCUT2D eigenvalue weighted by Crippen LogP contribution is 2.26. The number of hydrogen-bond donors (Lipinski definition) is 0. The first-order valence-electron chi connectivity index (χ1n) is 9.39. The van der Waals surface area contributed by atoms with Crippen LogP contribution in [-0.4, -0.2) is 45.0 Å². The Kier molecular flexibility index (Phi) is 4.27. The van der Waals surface area contributed by atoms with Crippen molar-refractivity contribution in [2.24, 2.45) is 5.92 Å². The maximum atomic E-state index is 13.0. The number of anilines is 1. The molecule has 4 heterocycles. The highest BCUT2D eigenvalue weighted by atomic mass is 16.5. The summed E-state index contributed by atoms with van der Waals surface area (Å²) in [6.07, 6.45) is 4.80. The molecule has 0 aromatic carbocycles. The molecule has 2 aromatic rings. The molecule has 1 saturated heterocycles. The first-order chi connectivity index (χ1) is 12.1. The lowest BCUT2D eigenvalue weighted by Crippen LogP contribution is -2.47. The van der Waals surface area contributed by atoms with Gasteiger partial charge in [0.25, 0.3) is 5.56 Å². The number of rotatable bonds is 3. The van der Waals surface area contributed by atoms with Crippen LogP contribution in [-0.2, 0) is 11.3 Å².